The molecule has 0 aliphatic heterocycles. The zero-order chi connectivity index (χ0) is 15.4. The van der Waals surface area contributed by atoms with E-state index >= 15 is 0 Å². The SMILES string of the molecule is C=C(c1cccc(OC(Cl)c2ccccc2)c1)n1ccnc1. The number of halogens is 1. The van der Waals surface area contributed by atoms with Crippen LogP contribution >= 0.6 is 11.6 Å². The molecule has 0 N–H and O–H groups in total. The number of nitrogens with zero attached hydrogens (tertiary/aromatic N) is 2. The number of alkyl halides is 1. The minimum absolute atomic E-state index is 0.530. The second-order valence-corrected chi connectivity index (χ2v) is 5.19. The highest BCUT2D eigenvalue weighted by atomic mass is 35.5. The Morgan fingerprint density at radius 3 is 2.68 bits per heavy atom. The Balaban J connectivity index is 1.78. The van der Waals surface area contributed by atoms with E-state index in [-0.39, 0.29) is 0 Å². The van der Waals surface area contributed by atoms with Crippen molar-refractivity contribution >= 4 is 17.3 Å². The summed E-state index contributed by atoms with van der Waals surface area (Å²) in [5, 5.41) is 0. The van der Waals surface area contributed by atoms with E-state index in [2.05, 4.69) is 11.6 Å². The highest BCUT2D eigenvalue weighted by Crippen LogP contribution is 2.27. The van der Waals surface area contributed by atoms with Gasteiger partial charge in [-0.3, -0.25) is 0 Å². The van der Waals surface area contributed by atoms with Crippen molar-refractivity contribution in [2.24, 2.45) is 0 Å². The van der Waals surface area contributed by atoms with Crippen LogP contribution < -0.4 is 4.74 Å². The Bertz CT molecular complexity index is 754. The first-order chi connectivity index (χ1) is 10.7. The van der Waals surface area contributed by atoms with Gasteiger partial charge in [0.2, 0.25) is 0 Å². The Labute approximate surface area is 134 Å². The molecule has 22 heavy (non-hydrogen) atoms. The zero-order valence-electron chi connectivity index (χ0n) is 11.9. The van der Waals surface area contributed by atoms with E-state index in [9.17, 15) is 0 Å². The average Bonchev–Trinajstić information content (AvgIpc) is 3.09. The first-order valence-electron chi connectivity index (χ1n) is 6.87. The molecule has 1 unspecified atom stereocenters. The number of aromatic nitrogens is 2. The molecule has 0 spiro atoms. The van der Waals surface area contributed by atoms with Gasteiger partial charge in [-0.15, -0.1) is 0 Å². The summed E-state index contributed by atoms with van der Waals surface area (Å²) in [6.07, 6.45) is 5.28. The molecule has 0 saturated heterocycles. The van der Waals surface area contributed by atoms with Gasteiger partial charge in [0.05, 0.1) is 6.33 Å². The summed E-state index contributed by atoms with van der Waals surface area (Å²) in [5.41, 5.74) is 2.17. The van der Waals surface area contributed by atoms with Crippen molar-refractivity contribution in [2.75, 3.05) is 0 Å². The number of imidazole rings is 1. The van der Waals surface area contributed by atoms with Crippen LogP contribution in [-0.4, -0.2) is 9.55 Å². The Morgan fingerprint density at radius 2 is 1.95 bits per heavy atom. The molecule has 0 fully saturated rings. The fourth-order valence-electron chi connectivity index (χ4n) is 2.11. The van der Waals surface area contributed by atoms with Crippen LogP contribution in [0.2, 0.25) is 0 Å². The van der Waals surface area contributed by atoms with Crippen LogP contribution in [0, 0.1) is 0 Å². The van der Waals surface area contributed by atoms with Gasteiger partial charge in [0.15, 0.2) is 5.56 Å². The molecule has 0 aliphatic rings. The number of hydrogen-bond acceptors (Lipinski definition) is 2. The van der Waals surface area contributed by atoms with E-state index in [1.807, 2.05) is 65.4 Å². The van der Waals surface area contributed by atoms with Gasteiger partial charge in [-0.05, 0) is 12.1 Å². The molecular formula is C18H15ClN2O. The van der Waals surface area contributed by atoms with Crippen LogP contribution in [0.15, 0.2) is 79.9 Å². The van der Waals surface area contributed by atoms with Crippen molar-refractivity contribution in [3.8, 4) is 5.75 Å². The lowest BCUT2D eigenvalue weighted by molar-refractivity contribution is 0.288. The first kappa shape index (κ1) is 14.4. The van der Waals surface area contributed by atoms with Crippen molar-refractivity contribution < 1.29 is 4.74 Å². The van der Waals surface area contributed by atoms with Crippen LogP contribution in [0.1, 0.15) is 16.7 Å². The topological polar surface area (TPSA) is 27.1 Å². The van der Waals surface area contributed by atoms with Gasteiger partial charge in [0, 0.05) is 29.2 Å². The molecule has 0 amide bonds. The summed E-state index contributed by atoms with van der Waals surface area (Å²) in [6.45, 7) is 4.08. The van der Waals surface area contributed by atoms with Gasteiger partial charge >= 0.3 is 0 Å². The van der Waals surface area contributed by atoms with Gasteiger partial charge in [-0.1, -0.05) is 60.6 Å². The lowest BCUT2D eigenvalue weighted by Gasteiger charge is -2.14. The number of ether oxygens (including phenoxy) is 1. The Morgan fingerprint density at radius 1 is 1.14 bits per heavy atom. The van der Waals surface area contributed by atoms with Crippen LogP contribution in [0.4, 0.5) is 0 Å². The summed E-state index contributed by atoms with van der Waals surface area (Å²) >= 11 is 6.31. The smallest absolute Gasteiger partial charge is 0.197 e. The molecule has 3 nitrogen and oxygen atoms in total. The number of rotatable bonds is 5. The van der Waals surface area contributed by atoms with E-state index in [1.165, 1.54) is 0 Å². The molecule has 0 radical (unpaired) electrons. The molecular weight excluding hydrogens is 296 g/mol. The van der Waals surface area contributed by atoms with E-state index in [1.54, 1.807) is 12.5 Å². The van der Waals surface area contributed by atoms with Crippen molar-refractivity contribution in [3.05, 3.63) is 91.0 Å². The summed E-state index contributed by atoms with van der Waals surface area (Å²) in [4.78, 5) is 4.03. The van der Waals surface area contributed by atoms with Gasteiger partial charge < -0.3 is 9.30 Å². The van der Waals surface area contributed by atoms with E-state index in [0.29, 0.717) is 5.75 Å². The van der Waals surface area contributed by atoms with Crippen molar-refractivity contribution in [2.45, 2.75) is 5.56 Å². The normalized spacial score (nSPS) is 11.9. The third-order valence-corrected chi connectivity index (χ3v) is 3.63. The lowest BCUT2D eigenvalue weighted by atomic mass is 10.1. The molecule has 2 aromatic carbocycles. The summed E-state index contributed by atoms with van der Waals surface area (Å²) in [6, 6.07) is 17.4. The molecule has 110 valence electrons. The zero-order valence-corrected chi connectivity index (χ0v) is 12.6. The molecule has 1 heterocycles. The highest BCUT2D eigenvalue weighted by molar-refractivity contribution is 6.20. The van der Waals surface area contributed by atoms with E-state index in [4.69, 9.17) is 16.3 Å². The second kappa shape index (κ2) is 6.50. The molecule has 3 aromatic rings. The fraction of sp³-hybridized carbons (Fsp3) is 0.0556. The average molecular weight is 311 g/mol. The molecule has 0 aliphatic carbocycles. The predicted octanol–water partition coefficient (Wildman–Crippen LogP) is 4.72. The Kier molecular flexibility index (Phi) is 4.26. The van der Waals surface area contributed by atoms with E-state index in [0.717, 1.165) is 16.8 Å². The minimum Gasteiger partial charge on any atom is -0.470 e. The largest absolute Gasteiger partial charge is 0.470 e. The van der Waals surface area contributed by atoms with Gasteiger partial charge in [0.25, 0.3) is 0 Å². The summed E-state index contributed by atoms with van der Waals surface area (Å²) in [5.74, 6) is 0.697. The van der Waals surface area contributed by atoms with Crippen LogP contribution in [0.3, 0.4) is 0 Å². The van der Waals surface area contributed by atoms with Crippen molar-refractivity contribution in [1.82, 2.24) is 9.55 Å². The van der Waals surface area contributed by atoms with Crippen LogP contribution in [-0.2, 0) is 0 Å². The quantitative estimate of drug-likeness (QED) is 0.638. The Hall–Kier alpha value is -2.52. The van der Waals surface area contributed by atoms with E-state index < -0.39 is 5.56 Å². The van der Waals surface area contributed by atoms with Crippen molar-refractivity contribution in [1.29, 1.82) is 0 Å². The highest BCUT2D eigenvalue weighted by Gasteiger charge is 2.10. The first-order valence-corrected chi connectivity index (χ1v) is 7.31. The lowest BCUT2D eigenvalue weighted by Crippen LogP contribution is -2.01. The minimum atomic E-state index is -0.530. The maximum Gasteiger partial charge on any atom is 0.197 e. The van der Waals surface area contributed by atoms with Gasteiger partial charge in [-0.2, -0.15) is 0 Å². The van der Waals surface area contributed by atoms with Crippen LogP contribution in [0.25, 0.3) is 5.70 Å². The third-order valence-electron chi connectivity index (χ3n) is 3.28. The standard InChI is InChI=1S/C18H15ClN2O/c1-14(21-11-10-20-13-21)16-8-5-9-17(12-16)22-18(19)15-6-3-2-4-7-15/h2-13,18H,1H2. The maximum atomic E-state index is 6.31. The third kappa shape index (κ3) is 3.21. The fourth-order valence-corrected chi connectivity index (χ4v) is 2.36. The second-order valence-electron chi connectivity index (χ2n) is 4.79. The number of benzene rings is 2. The molecule has 0 saturated carbocycles. The summed E-state index contributed by atoms with van der Waals surface area (Å²) < 4.78 is 7.66. The van der Waals surface area contributed by atoms with Crippen LogP contribution in [0.5, 0.6) is 5.75 Å². The number of hydrogen-bond donors (Lipinski definition) is 0. The molecule has 4 heteroatoms. The molecule has 3 rings (SSSR count). The summed E-state index contributed by atoms with van der Waals surface area (Å²) in [7, 11) is 0. The molecule has 1 atom stereocenters. The van der Waals surface area contributed by atoms with Crippen molar-refractivity contribution in [3.63, 3.8) is 0 Å². The predicted molar refractivity (Wildman–Crippen MR) is 88.8 cm³/mol. The maximum absolute atomic E-state index is 6.31. The monoisotopic (exact) mass is 310 g/mol. The van der Waals surface area contributed by atoms with Gasteiger partial charge in [0.1, 0.15) is 5.75 Å². The van der Waals surface area contributed by atoms with Gasteiger partial charge in [-0.25, -0.2) is 4.98 Å². The molecule has 1 aromatic heterocycles. The molecule has 0 bridgehead atoms.